The van der Waals surface area contributed by atoms with Crippen molar-refractivity contribution in [2.75, 3.05) is 23.7 Å². The second-order valence-electron chi connectivity index (χ2n) is 6.15. The van der Waals surface area contributed by atoms with E-state index in [1.807, 2.05) is 28.9 Å². The third kappa shape index (κ3) is 4.24. The average Bonchev–Trinajstić information content (AvgIpc) is 3.20. The van der Waals surface area contributed by atoms with E-state index in [2.05, 4.69) is 20.6 Å². The van der Waals surface area contributed by atoms with Crippen molar-refractivity contribution in [3.8, 4) is 17.3 Å². The molecule has 0 bridgehead atoms. The maximum atomic E-state index is 8.82. The number of aromatic nitrogens is 4. The fraction of sp³-hybridized carbons (Fsp3) is 0.100. The Balaban J connectivity index is 1.50. The Kier molecular flexibility index (Phi) is 5.47. The van der Waals surface area contributed by atoms with E-state index >= 15 is 0 Å². The van der Waals surface area contributed by atoms with Gasteiger partial charge in [-0.3, -0.25) is 0 Å². The lowest BCUT2D eigenvalue weighted by Crippen LogP contribution is -2.16. The summed E-state index contributed by atoms with van der Waals surface area (Å²) in [5.41, 5.74) is 2.74. The Hall–Kier alpha value is -3.34. The molecule has 0 aliphatic rings. The van der Waals surface area contributed by atoms with Gasteiger partial charge in [-0.15, -0.1) is 0 Å². The lowest BCUT2D eigenvalue weighted by molar-refractivity contribution is 1.03. The number of hydrogen-bond donors (Lipinski definition) is 2. The summed E-state index contributed by atoms with van der Waals surface area (Å²) in [6.45, 7) is 1.20. The van der Waals surface area contributed by atoms with Gasteiger partial charge in [0.15, 0.2) is 11.5 Å². The van der Waals surface area contributed by atoms with Crippen molar-refractivity contribution in [3.63, 3.8) is 0 Å². The van der Waals surface area contributed by atoms with E-state index in [0.717, 1.165) is 11.2 Å². The van der Waals surface area contributed by atoms with E-state index in [9.17, 15) is 0 Å². The first-order valence-corrected chi connectivity index (χ1v) is 9.52. The Labute approximate surface area is 177 Å². The highest BCUT2D eigenvalue weighted by Crippen LogP contribution is 2.30. The summed E-state index contributed by atoms with van der Waals surface area (Å²) in [5.74, 6) is 1.35. The second-order valence-corrected chi connectivity index (χ2v) is 7.00. The predicted molar refractivity (Wildman–Crippen MR) is 114 cm³/mol. The molecule has 4 rings (SSSR count). The molecule has 0 atom stereocenters. The Morgan fingerprint density at radius 2 is 1.93 bits per heavy atom. The smallest absolute Gasteiger partial charge is 0.180 e. The molecule has 0 aliphatic carbocycles. The van der Waals surface area contributed by atoms with Gasteiger partial charge in [-0.05, 0) is 30.3 Å². The summed E-state index contributed by atoms with van der Waals surface area (Å²) in [6.07, 6.45) is 6.98. The molecule has 0 fully saturated rings. The van der Waals surface area contributed by atoms with Gasteiger partial charge in [0.2, 0.25) is 0 Å². The number of fused-ring (bicyclic) bond motifs is 1. The molecule has 4 aromatic rings. The zero-order chi connectivity index (χ0) is 20.2. The van der Waals surface area contributed by atoms with Crippen LogP contribution in [0.15, 0.2) is 55.1 Å². The van der Waals surface area contributed by atoms with Gasteiger partial charge in [0.1, 0.15) is 11.9 Å². The van der Waals surface area contributed by atoms with Crippen LogP contribution in [0.2, 0.25) is 10.0 Å². The van der Waals surface area contributed by atoms with Crippen molar-refractivity contribution in [2.24, 2.45) is 0 Å². The third-order valence-electron chi connectivity index (χ3n) is 4.20. The first-order valence-electron chi connectivity index (χ1n) is 8.77. The number of imidazole rings is 1. The molecule has 1 aromatic carbocycles. The molecule has 9 heteroatoms. The number of nitrogens with one attached hydrogen (secondary N) is 2. The number of nitrogens with zero attached hydrogens (tertiary/aromatic N) is 5. The van der Waals surface area contributed by atoms with Crippen molar-refractivity contribution < 1.29 is 0 Å². The Bertz CT molecular complexity index is 1200. The Morgan fingerprint density at radius 1 is 1.07 bits per heavy atom. The number of pyridine rings is 1. The highest BCUT2D eigenvalue weighted by molar-refractivity contribution is 6.36. The molecule has 144 valence electrons. The van der Waals surface area contributed by atoms with Crippen LogP contribution in [-0.4, -0.2) is 32.4 Å². The van der Waals surface area contributed by atoms with Gasteiger partial charge in [0.05, 0.1) is 16.3 Å². The molecule has 7 nitrogen and oxygen atoms in total. The monoisotopic (exact) mass is 423 g/mol. The standard InChI is InChI=1S/C20H15Cl2N7/c21-14-2-3-15(16(22)9-14)17-12-29-8-7-26-20(29)19(28-17)25-6-5-24-18-4-1-13(10-23)11-27-18/h1-4,7-9,11-12H,5-6H2,(H,24,27)(H,25,28). The molecular formula is C20H15Cl2N7. The lowest BCUT2D eigenvalue weighted by Gasteiger charge is -2.11. The van der Waals surface area contributed by atoms with E-state index in [0.29, 0.717) is 46.0 Å². The Morgan fingerprint density at radius 3 is 2.69 bits per heavy atom. The van der Waals surface area contributed by atoms with Crippen LogP contribution in [0, 0.1) is 11.3 Å². The molecule has 3 heterocycles. The van der Waals surface area contributed by atoms with Crippen LogP contribution >= 0.6 is 23.2 Å². The number of hydrogen-bond acceptors (Lipinski definition) is 6. The lowest BCUT2D eigenvalue weighted by atomic mass is 10.1. The summed E-state index contributed by atoms with van der Waals surface area (Å²) in [6, 6.07) is 10.9. The SMILES string of the molecule is N#Cc1ccc(NCCNc2nc(-c3ccc(Cl)cc3Cl)cn3ccnc23)nc1. The molecule has 0 saturated carbocycles. The molecule has 2 N–H and O–H groups in total. The largest absolute Gasteiger partial charge is 0.368 e. The maximum Gasteiger partial charge on any atom is 0.180 e. The molecule has 0 spiro atoms. The highest BCUT2D eigenvalue weighted by Gasteiger charge is 2.11. The molecule has 0 amide bonds. The molecule has 0 radical (unpaired) electrons. The van der Waals surface area contributed by atoms with E-state index < -0.39 is 0 Å². The minimum absolute atomic E-state index is 0.525. The number of anilines is 2. The van der Waals surface area contributed by atoms with Crippen molar-refractivity contribution in [3.05, 3.63) is 70.7 Å². The predicted octanol–water partition coefficient (Wildman–Crippen LogP) is 4.49. The van der Waals surface area contributed by atoms with Gasteiger partial charge in [0, 0.05) is 48.5 Å². The normalized spacial score (nSPS) is 10.7. The summed E-state index contributed by atoms with van der Waals surface area (Å²) < 4.78 is 1.89. The van der Waals surface area contributed by atoms with Crippen LogP contribution in [0.4, 0.5) is 11.6 Å². The minimum Gasteiger partial charge on any atom is -0.368 e. The maximum absolute atomic E-state index is 8.82. The van der Waals surface area contributed by atoms with Crippen LogP contribution in [0.25, 0.3) is 16.9 Å². The summed E-state index contributed by atoms with van der Waals surface area (Å²) >= 11 is 12.4. The van der Waals surface area contributed by atoms with Crippen molar-refractivity contribution in [1.29, 1.82) is 5.26 Å². The fourth-order valence-electron chi connectivity index (χ4n) is 2.81. The second kappa shape index (κ2) is 8.35. The number of halogens is 2. The molecular weight excluding hydrogens is 409 g/mol. The van der Waals surface area contributed by atoms with Crippen LogP contribution < -0.4 is 10.6 Å². The molecule has 0 aliphatic heterocycles. The molecule has 0 unspecified atom stereocenters. The number of benzene rings is 1. The molecule has 29 heavy (non-hydrogen) atoms. The van der Waals surface area contributed by atoms with E-state index in [1.165, 1.54) is 6.20 Å². The molecule has 3 aromatic heterocycles. The number of rotatable bonds is 6. The van der Waals surface area contributed by atoms with Gasteiger partial charge >= 0.3 is 0 Å². The quantitative estimate of drug-likeness (QED) is 0.443. The zero-order valence-corrected chi connectivity index (χ0v) is 16.6. The van der Waals surface area contributed by atoms with Gasteiger partial charge in [-0.25, -0.2) is 15.0 Å². The van der Waals surface area contributed by atoms with Crippen molar-refractivity contribution >= 4 is 40.5 Å². The summed E-state index contributed by atoms with van der Waals surface area (Å²) in [4.78, 5) is 13.3. The summed E-state index contributed by atoms with van der Waals surface area (Å²) in [7, 11) is 0. The fourth-order valence-corrected chi connectivity index (χ4v) is 3.32. The highest BCUT2D eigenvalue weighted by atomic mass is 35.5. The average molecular weight is 424 g/mol. The van der Waals surface area contributed by atoms with Gasteiger partial charge in [0.25, 0.3) is 0 Å². The first-order chi connectivity index (χ1) is 14.1. The van der Waals surface area contributed by atoms with Crippen molar-refractivity contribution in [1.82, 2.24) is 19.4 Å². The van der Waals surface area contributed by atoms with Gasteiger partial charge in [-0.2, -0.15) is 5.26 Å². The van der Waals surface area contributed by atoms with Crippen LogP contribution in [0.5, 0.6) is 0 Å². The van der Waals surface area contributed by atoms with Gasteiger partial charge < -0.3 is 15.0 Å². The van der Waals surface area contributed by atoms with Crippen LogP contribution in [-0.2, 0) is 0 Å². The van der Waals surface area contributed by atoms with E-state index in [-0.39, 0.29) is 0 Å². The minimum atomic E-state index is 0.525. The topological polar surface area (TPSA) is 90.9 Å². The third-order valence-corrected chi connectivity index (χ3v) is 4.75. The molecule has 0 saturated heterocycles. The van der Waals surface area contributed by atoms with Crippen LogP contribution in [0.3, 0.4) is 0 Å². The van der Waals surface area contributed by atoms with Gasteiger partial charge in [-0.1, -0.05) is 23.2 Å². The first kappa shape index (κ1) is 19.0. The van der Waals surface area contributed by atoms with Crippen LogP contribution in [0.1, 0.15) is 5.56 Å². The van der Waals surface area contributed by atoms with E-state index in [1.54, 1.807) is 30.5 Å². The zero-order valence-electron chi connectivity index (χ0n) is 15.1. The van der Waals surface area contributed by atoms with Crippen molar-refractivity contribution in [2.45, 2.75) is 0 Å². The number of nitriles is 1. The summed E-state index contributed by atoms with van der Waals surface area (Å²) in [5, 5.41) is 16.4. The van der Waals surface area contributed by atoms with E-state index in [4.69, 9.17) is 33.4 Å².